The zero-order chi connectivity index (χ0) is 26.8. The maximum Gasteiger partial charge on any atom is 0.418 e. The van der Waals surface area contributed by atoms with Gasteiger partial charge in [-0.15, -0.1) is 5.10 Å². The van der Waals surface area contributed by atoms with E-state index < -0.39 is 34.9 Å². The third-order valence-corrected chi connectivity index (χ3v) is 7.32. The third kappa shape index (κ3) is 5.04. The number of fused-ring (bicyclic) bond motifs is 1. The van der Waals surface area contributed by atoms with Gasteiger partial charge in [0, 0.05) is 24.7 Å². The number of hydrogen-bond donors (Lipinski definition) is 3. The lowest BCUT2D eigenvalue weighted by Crippen LogP contribution is -2.53. The van der Waals surface area contributed by atoms with Gasteiger partial charge in [-0.05, 0) is 63.8 Å². The molecule has 3 atom stereocenters. The van der Waals surface area contributed by atoms with Crippen molar-refractivity contribution in [3.05, 3.63) is 53.2 Å². The molecule has 0 bridgehead atoms. The molecule has 3 heterocycles. The van der Waals surface area contributed by atoms with Gasteiger partial charge in [0.15, 0.2) is 0 Å². The fourth-order valence-electron chi connectivity index (χ4n) is 5.68. The van der Waals surface area contributed by atoms with Gasteiger partial charge in [0.25, 0.3) is 0 Å². The zero-order valence-electron chi connectivity index (χ0n) is 20.8. The van der Waals surface area contributed by atoms with Crippen molar-refractivity contribution in [2.45, 2.75) is 82.0 Å². The average Bonchev–Trinajstić information content (AvgIpc) is 3.10. The third-order valence-electron chi connectivity index (χ3n) is 7.32. The van der Waals surface area contributed by atoms with Crippen molar-refractivity contribution in [1.82, 2.24) is 20.1 Å². The number of nitrogens with zero attached hydrogens (tertiary/aromatic N) is 3. The van der Waals surface area contributed by atoms with Gasteiger partial charge in [-0.25, -0.2) is 0 Å². The molecule has 2 aromatic heterocycles. The van der Waals surface area contributed by atoms with Gasteiger partial charge in [0.2, 0.25) is 5.95 Å². The minimum atomic E-state index is -4.77. The highest BCUT2D eigenvalue weighted by Crippen LogP contribution is 2.45. The summed E-state index contributed by atoms with van der Waals surface area (Å²) >= 11 is 0. The van der Waals surface area contributed by atoms with Gasteiger partial charge >= 0.3 is 6.18 Å². The Morgan fingerprint density at radius 2 is 1.89 bits per heavy atom. The van der Waals surface area contributed by atoms with Gasteiger partial charge in [-0.1, -0.05) is 6.07 Å². The van der Waals surface area contributed by atoms with Gasteiger partial charge in [0.05, 0.1) is 33.8 Å². The molecule has 2 aliphatic rings. The average molecular weight is 523 g/mol. The van der Waals surface area contributed by atoms with Gasteiger partial charge in [-0.2, -0.15) is 17.6 Å². The largest absolute Gasteiger partial charge is 0.492 e. The van der Waals surface area contributed by atoms with Crippen LogP contribution in [0.4, 0.5) is 17.6 Å². The lowest BCUT2D eigenvalue weighted by molar-refractivity contribution is -0.136. The van der Waals surface area contributed by atoms with E-state index in [1.165, 1.54) is 6.07 Å². The topological polar surface area (TPSA) is 92.4 Å². The minimum Gasteiger partial charge on any atom is -0.492 e. The molecular formula is C26H30F4N4O3. The summed E-state index contributed by atoms with van der Waals surface area (Å²) in [4.78, 5) is 4.37. The van der Waals surface area contributed by atoms with Crippen LogP contribution in [0.3, 0.4) is 0 Å². The molecule has 1 aromatic carbocycles. The van der Waals surface area contributed by atoms with E-state index in [1.54, 1.807) is 19.2 Å². The van der Waals surface area contributed by atoms with Crippen LogP contribution >= 0.6 is 0 Å². The summed E-state index contributed by atoms with van der Waals surface area (Å²) in [6.45, 7) is 5.35. The summed E-state index contributed by atoms with van der Waals surface area (Å²) in [5.41, 5.74) is -2.15. The first-order valence-electron chi connectivity index (χ1n) is 12.3. The van der Waals surface area contributed by atoms with E-state index in [0.717, 1.165) is 16.3 Å². The van der Waals surface area contributed by atoms with E-state index in [1.807, 2.05) is 19.9 Å². The van der Waals surface area contributed by atoms with Crippen LogP contribution in [0.15, 0.2) is 30.5 Å². The molecule has 0 unspecified atom stereocenters. The molecule has 1 saturated carbocycles. The molecule has 3 N–H and O–H groups in total. The van der Waals surface area contributed by atoms with Crippen molar-refractivity contribution in [2.24, 2.45) is 0 Å². The molecule has 1 aliphatic carbocycles. The van der Waals surface area contributed by atoms with Crippen LogP contribution < -0.4 is 10.1 Å². The van der Waals surface area contributed by atoms with E-state index in [-0.39, 0.29) is 54.6 Å². The predicted molar refractivity (Wildman–Crippen MR) is 128 cm³/mol. The van der Waals surface area contributed by atoms with E-state index in [4.69, 9.17) is 4.74 Å². The molecule has 1 aliphatic heterocycles. The second-order valence-corrected chi connectivity index (χ2v) is 10.9. The van der Waals surface area contributed by atoms with E-state index in [2.05, 4.69) is 15.4 Å². The molecule has 37 heavy (non-hydrogen) atoms. The van der Waals surface area contributed by atoms with Crippen LogP contribution in [-0.4, -0.2) is 49.3 Å². The van der Waals surface area contributed by atoms with E-state index in [0.29, 0.717) is 12.1 Å². The Morgan fingerprint density at radius 3 is 2.51 bits per heavy atom. The number of aliphatic hydroxyl groups is 2. The maximum absolute atomic E-state index is 14.8. The number of aromatic nitrogens is 3. The predicted octanol–water partition coefficient (Wildman–Crippen LogP) is 4.39. The second kappa shape index (κ2) is 8.92. The standard InChI is InChI=1S/C26H30F4N4O3/c1-14-4-5-21(31-12-14)25(36)8-15(2)32-16(9-25)13-37-18-6-19-22(20(7-18)26(28,29)30)34(33-23(19)27)17-10-24(3,35)11-17/h4-7,12,15-17,32,35-36H,8-11,13H2,1-3H3/t15-,16-,17?,24?,25-/m0/s1. The smallest absolute Gasteiger partial charge is 0.418 e. The first kappa shape index (κ1) is 25.9. The number of halogens is 4. The fraction of sp³-hybridized carbons (Fsp3) is 0.538. The molecule has 7 nitrogen and oxygen atoms in total. The number of piperidine rings is 1. The summed E-state index contributed by atoms with van der Waals surface area (Å²) in [7, 11) is 0. The van der Waals surface area contributed by atoms with Crippen molar-refractivity contribution in [3.8, 4) is 5.75 Å². The van der Waals surface area contributed by atoms with Gasteiger partial charge < -0.3 is 20.3 Å². The molecule has 11 heteroatoms. The Bertz CT molecular complexity index is 1300. The number of benzene rings is 1. The Morgan fingerprint density at radius 1 is 1.16 bits per heavy atom. The second-order valence-electron chi connectivity index (χ2n) is 10.9. The summed E-state index contributed by atoms with van der Waals surface area (Å²) < 4.78 is 63.7. The first-order valence-corrected chi connectivity index (χ1v) is 12.3. The first-order chi connectivity index (χ1) is 17.2. The minimum absolute atomic E-state index is 0.0391. The number of alkyl halides is 3. The molecule has 2 fully saturated rings. The van der Waals surface area contributed by atoms with Gasteiger partial charge in [0.1, 0.15) is 18.0 Å². The van der Waals surface area contributed by atoms with Crippen LogP contribution in [0.25, 0.3) is 10.9 Å². The highest BCUT2D eigenvalue weighted by molar-refractivity contribution is 5.85. The van der Waals surface area contributed by atoms with Crippen molar-refractivity contribution >= 4 is 10.9 Å². The van der Waals surface area contributed by atoms with E-state index >= 15 is 0 Å². The number of rotatable bonds is 5. The van der Waals surface area contributed by atoms with Crippen LogP contribution in [0.1, 0.15) is 62.4 Å². The molecule has 200 valence electrons. The van der Waals surface area contributed by atoms with Crippen LogP contribution in [-0.2, 0) is 11.8 Å². The number of hydrogen-bond acceptors (Lipinski definition) is 6. The molecule has 0 spiro atoms. The molecular weight excluding hydrogens is 492 g/mol. The quantitative estimate of drug-likeness (QED) is 0.431. The number of aryl methyl sites for hydroxylation is 1. The summed E-state index contributed by atoms with van der Waals surface area (Å²) in [6, 6.07) is 4.71. The number of ether oxygens (including phenoxy) is 1. The molecule has 0 radical (unpaired) electrons. The Balaban J connectivity index is 1.40. The summed E-state index contributed by atoms with van der Waals surface area (Å²) in [6.07, 6.45) is -2.06. The number of pyridine rings is 1. The lowest BCUT2D eigenvalue weighted by Gasteiger charge is -2.41. The lowest BCUT2D eigenvalue weighted by atomic mass is 9.77. The summed E-state index contributed by atoms with van der Waals surface area (Å²) in [5.74, 6) is -1.17. The normalized spacial score (nSPS) is 30.4. The Hall–Kier alpha value is -2.76. The van der Waals surface area contributed by atoms with Crippen LogP contribution in [0.2, 0.25) is 0 Å². The molecule has 0 amide bonds. The van der Waals surface area contributed by atoms with Crippen molar-refractivity contribution in [2.75, 3.05) is 6.61 Å². The molecule has 5 rings (SSSR count). The van der Waals surface area contributed by atoms with Crippen LogP contribution in [0, 0.1) is 12.9 Å². The maximum atomic E-state index is 14.8. The molecule has 1 saturated heterocycles. The SMILES string of the molecule is Cc1ccc([C@@]2(O)C[C@@H](COc3cc(C(F)(F)F)c4c(c3)c(F)nn4C3CC(C)(O)C3)N[C@@H](C)C2)nc1. The van der Waals surface area contributed by atoms with Crippen molar-refractivity contribution in [1.29, 1.82) is 0 Å². The van der Waals surface area contributed by atoms with Crippen molar-refractivity contribution < 1.29 is 32.5 Å². The highest BCUT2D eigenvalue weighted by atomic mass is 19.4. The van der Waals surface area contributed by atoms with Gasteiger partial charge in [-0.3, -0.25) is 9.67 Å². The van der Waals surface area contributed by atoms with E-state index in [9.17, 15) is 27.8 Å². The Kier molecular flexibility index (Phi) is 6.24. The monoisotopic (exact) mass is 522 g/mol. The fourth-order valence-corrected chi connectivity index (χ4v) is 5.68. The number of nitrogens with one attached hydrogen (secondary N) is 1. The Labute approximate surface area is 211 Å². The highest BCUT2D eigenvalue weighted by Gasteiger charge is 2.44. The van der Waals surface area contributed by atoms with Crippen LogP contribution in [0.5, 0.6) is 5.75 Å². The zero-order valence-corrected chi connectivity index (χ0v) is 20.8. The summed E-state index contributed by atoms with van der Waals surface area (Å²) in [5, 5.41) is 28.1. The van der Waals surface area contributed by atoms with Crippen molar-refractivity contribution in [3.63, 3.8) is 0 Å². The molecule has 3 aromatic rings.